The molecule has 0 unspecified atom stereocenters. The molecule has 0 bridgehead atoms. The first-order valence-corrected chi connectivity index (χ1v) is 8.21. The summed E-state index contributed by atoms with van der Waals surface area (Å²) >= 11 is 0. The third-order valence-electron chi connectivity index (χ3n) is 3.66. The molecule has 26 heavy (non-hydrogen) atoms. The van der Waals surface area contributed by atoms with Gasteiger partial charge >= 0.3 is 12.2 Å². The molecular formula is C19H21F3N2O2. The van der Waals surface area contributed by atoms with Gasteiger partial charge in [-0.15, -0.1) is 0 Å². The van der Waals surface area contributed by atoms with Crippen molar-refractivity contribution in [1.29, 1.82) is 0 Å². The summed E-state index contributed by atoms with van der Waals surface area (Å²) in [6.45, 7) is 4.51. The van der Waals surface area contributed by atoms with E-state index in [2.05, 4.69) is 24.5 Å². The number of urea groups is 1. The van der Waals surface area contributed by atoms with Crippen molar-refractivity contribution >= 4 is 11.7 Å². The summed E-state index contributed by atoms with van der Waals surface area (Å²) in [5.41, 5.74) is -0.0445. The molecular weight excluding hydrogens is 345 g/mol. The number of anilines is 1. The van der Waals surface area contributed by atoms with Gasteiger partial charge in [0.15, 0.2) is 0 Å². The van der Waals surface area contributed by atoms with E-state index < -0.39 is 17.8 Å². The highest BCUT2D eigenvalue weighted by molar-refractivity contribution is 5.90. The van der Waals surface area contributed by atoms with Crippen LogP contribution in [-0.4, -0.2) is 19.2 Å². The molecule has 2 aromatic carbocycles. The fourth-order valence-electron chi connectivity index (χ4n) is 2.30. The fraction of sp³-hybridized carbons (Fsp3) is 0.316. The SMILES string of the molecule is CC(C)c1cccc(OCCNC(=O)Nc2ccccc2C(F)(F)F)c1. The molecule has 0 atom stereocenters. The summed E-state index contributed by atoms with van der Waals surface area (Å²) in [7, 11) is 0. The molecule has 2 aromatic rings. The molecule has 0 heterocycles. The van der Waals surface area contributed by atoms with Gasteiger partial charge in [-0.3, -0.25) is 0 Å². The number of hydrogen-bond donors (Lipinski definition) is 2. The van der Waals surface area contributed by atoms with Gasteiger partial charge in [0.05, 0.1) is 17.8 Å². The third kappa shape index (κ3) is 5.68. The maximum atomic E-state index is 12.9. The zero-order chi connectivity index (χ0) is 19.2. The zero-order valence-electron chi connectivity index (χ0n) is 14.6. The summed E-state index contributed by atoms with van der Waals surface area (Å²) in [5.74, 6) is 1.05. The molecule has 140 valence electrons. The van der Waals surface area contributed by atoms with Crippen molar-refractivity contribution in [2.24, 2.45) is 0 Å². The number of benzene rings is 2. The molecule has 7 heteroatoms. The highest BCUT2D eigenvalue weighted by Gasteiger charge is 2.33. The number of para-hydroxylation sites is 1. The van der Waals surface area contributed by atoms with Crippen LogP contribution in [0.5, 0.6) is 5.75 Å². The topological polar surface area (TPSA) is 50.4 Å². The van der Waals surface area contributed by atoms with Crippen molar-refractivity contribution in [2.45, 2.75) is 25.9 Å². The smallest absolute Gasteiger partial charge is 0.418 e. The summed E-state index contributed by atoms with van der Waals surface area (Å²) in [6, 6.07) is 11.7. The number of rotatable bonds is 6. The summed E-state index contributed by atoms with van der Waals surface area (Å²) in [6.07, 6.45) is -4.53. The molecule has 4 nitrogen and oxygen atoms in total. The molecule has 0 aliphatic carbocycles. The average molecular weight is 366 g/mol. The molecule has 2 rings (SSSR count). The number of carbonyl (C=O) groups excluding carboxylic acids is 1. The van der Waals surface area contributed by atoms with Crippen molar-refractivity contribution in [3.63, 3.8) is 0 Å². The molecule has 0 fully saturated rings. The Morgan fingerprint density at radius 1 is 1.12 bits per heavy atom. The van der Waals surface area contributed by atoms with E-state index in [0.29, 0.717) is 11.7 Å². The lowest BCUT2D eigenvalue weighted by atomic mass is 10.0. The highest BCUT2D eigenvalue weighted by atomic mass is 19.4. The van der Waals surface area contributed by atoms with Crippen LogP contribution >= 0.6 is 0 Å². The zero-order valence-corrected chi connectivity index (χ0v) is 14.6. The van der Waals surface area contributed by atoms with Gasteiger partial charge in [-0.2, -0.15) is 13.2 Å². The molecule has 0 aromatic heterocycles. The van der Waals surface area contributed by atoms with Crippen LogP contribution in [0, 0.1) is 0 Å². The highest BCUT2D eigenvalue weighted by Crippen LogP contribution is 2.34. The van der Waals surface area contributed by atoms with Crippen LogP contribution in [0.15, 0.2) is 48.5 Å². The predicted molar refractivity (Wildman–Crippen MR) is 94.5 cm³/mol. The predicted octanol–water partition coefficient (Wildman–Crippen LogP) is 5.03. The molecule has 2 amide bonds. The van der Waals surface area contributed by atoms with Crippen LogP contribution in [0.25, 0.3) is 0 Å². The second-order valence-corrected chi connectivity index (χ2v) is 6.00. The number of alkyl halides is 3. The summed E-state index contributed by atoms with van der Waals surface area (Å²) < 4.78 is 44.2. The maximum absolute atomic E-state index is 12.9. The lowest BCUT2D eigenvalue weighted by molar-refractivity contribution is -0.136. The van der Waals surface area contributed by atoms with Crippen LogP contribution in [0.2, 0.25) is 0 Å². The van der Waals surface area contributed by atoms with Crippen LogP contribution < -0.4 is 15.4 Å². The number of halogens is 3. The van der Waals surface area contributed by atoms with E-state index in [1.807, 2.05) is 24.3 Å². The standard InChI is InChI=1S/C19H21F3N2O2/c1-13(2)14-6-5-7-15(12-14)26-11-10-23-18(25)24-17-9-4-3-8-16(17)19(20,21)22/h3-9,12-13H,10-11H2,1-2H3,(H2,23,24,25). The number of ether oxygens (including phenoxy) is 1. The van der Waals surface area contributed by atoms with E-state index in [-0.39, 0.29) is 18.8 Å². The first-order valence-electron chi connectivity index (χ1n) is 8.21. The molecule has 0 saturated carbocycles. The molecule has 0 radical (unpaired) electrons. The van der Waals surface area contributed by atoms with E-state index in [4.69, 9.17) is 4.74 Å². The van der Waals surface area contributed by atoms with Gasteiger partial charge in [0.1, 0.15) is 12.4 Å². The Hall–Kier alpha value is -2.70. The Labute approximate surface area is 150 Å². The molecule has 0 spiro atoms. The van der Waals surface area contributed by atoms with E-state index in [0.717, 1.165) is 11.6 Å². The van der Waals surface area contributed by atoms with Gasteiger partial charge in [0, 0.05) is 0 Å². The Kier molecular flexibility index (Phi) is 6.49. The molecule has 0 aliphatic heterocycles. The lowest BCUT2D eigenvalue weighted by Gasteiger charge is -2.14. The van der Waals surface area contributed by atoms with E-state index in [1.54, 1.807) is 0 Å². The fourth-order valence-corrected chi connectivity index (χ4v) is 2.30. The largest absolute Gasteiger partial charge is 0.492 e. The second kappa shape index (κ2) is 8.60. The van der Waals surface area contributed by atoms with Gasteiger partial charge < -0.3 is 15.4 Å². The minimum atomic E-state index is -4.53. The molecule has 2 N–H and O–H groups in total. The lowest BCUT2D eigenvalue weighted by Crippen LogP contribution is -2.32. The van der Waals surface area contributed by atoms with Gasteiger partial charge in [-0.1, -0.05) is 38.1 Å². The van der Waals surface area contributed by atoms with Crippen LogP contribution in [0.1, 0.15) is 30.9 Å². The van der Waals surface area contributed by atoms with Crippen LogP contribution in [-0.2, 0) is 6.18 Å². The summed E-state index contributed by atoms with van der Waals surface area (Å²) in [4.78, 5) is 11.8. The van der Waals surface area contributed by atoms with Crippen LogP contribution in [0.4, 0.5) is 23.7 Å². The van der Waals surface area contributed by atoms with Crippen molar-refractivity contribution in [3.05, 3.63) is 59.7 Å². The van der Waals surface area contributed by atoms with E-state index >= 15 is 0 Å². The first-order chi connectivity index (χ1) is 12.3. The number of carbonyl (C=O) groups is 1. The Balaban J connectivity index is 1.82. The van der Waals surface area contributed by atoms with Gasteiger partial charge in [-0.05, 0) is 35.7 Å². The molecule has 0 saturated heterocycles. The summed E-state index contributed by atoms with van der Waals surface area (Å²) in [5, 5.41) is 4.69. The number of hydrogen-bond acceptors (Lipinski definition) is 2. The molecule has 0 aliphatic rings. The quantitative estimate of drug-likeness (QED) is 0.705. The van der Waals surface area contributed by atoms with Crippen molar-refractivity contribution in [1.82, 2.24) is 5.32 Å². The Morgan fingerprint density at radius 2 is 1.85 bits per heavy atom. The Bertz CT molecular complexity index is 746. The van der Waals surface area contributed by atoms with Gasteiger partial charge in [0.2, 0.25) is 0 Å². The second-order valence-electron chi connectivity index (χ2n) is 6.00. The third-order valence-corrected chi connectivity index (χ3v) is 3.66. The van der Waals surface area contributed by atoms with E-state index in [9.17, 15) is 18.0 Å². The Morgan fingerprint density at radius 3 is 2.54 bits per heavy atom. The minimum absolute atomic E-state index is 0.159. The number of nitrogens with one attached hydrogen (secondary N) is 2. The van der Waals surface area contributed by atoms with Crippen LogP contribution in [0.3, 0.4) is 0 Å². The maximum Gasteiger partial charge on any atom is 0.418 e. The number of amides is 2. The van der Waals surface area contributed by atoms with Crippen molar-refractivity contribution in [2.75, 3.05) is 18.5 Å². The van der Waals surface area contributed by atoms with Crippen molar-refractivity contribution in [3.8, 4) is 5.75 Å². The monoisotopic (exact) mass is 366 g/mol. The minimum Gasteiger partial charge on any atom is -0.492 e. The van der Waals surface area contributed by atoms with Crippen molar-refractivity contribution < 1.29 is 22.7 Å². The average Bonchev–Trinajstić information content (AvgIpc) is 2.58. The van der Waals surface area contributed by atoms with Gasteiger partial charge in [0.25, 0.3) is 0 Å². The normalized spacial score (nSPS) is 11.3. The van der Waals surface area contributed by atoms with Gasteiger partial charge in [-0.25, -0.2) is 4.79 Å². The van der Waals surface area contributed by atoms with E-state index in [1.165, 1.54) is 18.2 Å². The first kappa shape index (κ1) is 19.6.